The van der Waals surface area contributed by atoms with Crippen molar-refractivity contribution in [3.05, 3.63) is 0 Å². The Labute approximate surface area is 61.9 Å². The lowest BCUT2D eigenvalue weighted by molar-refractivity contribution is -0.147. The molecule has 0 rings (SSSR count). The molecule has 0 amide bonds. The summed E-state index contributed by atoms with van der Waals surface area (Å²) < 4.78 is 8.70. The van der Waals surface area contributed by atoms with Crippen molar-refractivity contribution in [2.45, 2.75) is 6.42 Å². The first kappa shape index (κ1) is 12.6. The van der Waals surface area contributed by atoms with E-state index in [1.807, 2.05) is 0 Å². The Balaban J connectivity index is 0. The number of carboxylic acids is 2. The van der Waals surface area contributed by atoms with Gasteiger partial charge >= 0.3 is 20.2 Å². The normalized spacial score (nSPS) is 7.45. The summed E-state index contributed by atoms with van der Waals surface area (Å²) >= 11 is 0. The largest absolute Gasteiger partial charge is 0.692 e. The number of carbonyl (C=O) groups is 2. The van der Waals surface area contributed by atoms with E-state index in [1.54, 1.807) is 0 Å². The predicted octanol–water partition coefficient (Wildman–Crippen LogP) is -0.826. The van der Waals surface area contributed by atoms with Crippen LogP contribution in [-0.2, 0) is 14.2 Å². The molecule has 0 aliphatic carbocycles. The molecule has 4 N–H and O–H groups in total. The maximum atomic E-state index is 9.43. The highest BCUT2D eigenvalue weighted by Crippen LogP contribution is 1.98. The molecule has 0 aliphatic rings. The molecule has 0 saturated heterocycles. The van der Waals surface area contributed by atoms with E-state index in [-0.39, 0.29) is 0 Å². The van der Waals surface area contributed by atoms with Gasteiger partial charge in [-0.3, -0.25) is 9.59 Å². The lowest BCUT2D eigenvalue weighted by Crippen LogP contribution is -2.03. The zero-order valence-corrected chi connectivity index (χ0v) is 6.06. The molecule has 0 unspecified atom stereocenters. The average molecular weight is 185 g/mol. The molecule has 0 fully saturated rings. The van der Waals surface area contributed by atoms with Crippen LogP contribution in [-0.4, -0.2) is 31.9 Å². The summed E-state index contributed by atoms with van der Waals surface area (Å²) in [5.41, 5.74) is 0. The summed E-state index contributed by atoms with van der Waals surface area (Å²) in [7, 11) is -2.87. The molecule has 0 spiro atoms. The summed E-state index contributed by atoms with van der Waals surface area (Å²) in [6.45, 7) is 0. The summed E-state index contributed by atoms with van der Waals surface area (Å²) in [5, 5.41) is 15.4. The monoisotopic (exact) mass is 185 g/mol. The van der Waals surface area contributed by atoms with Gasteiger partial charge in [-0.15, -0.1) is 9.79 Å². The Kier molecular flexibility index (Phi) is 8.11. The Bertz CT molecular complexity index is 147. The number of rotatable bonds is 2. The smallest absolute Gasteiger partial charge is 0.481 e. The summed E-state index contributed by atoms with van der Waals surface area (Å²) in [4.78, 5) is 33.1. The van der Waals surface area contributed by atoms with Crippen LogP contribution < -0.4 is 0 Å². The maximum absolute atomic E-state index is 9.43. The quantitative estimate of drug-likeness (QED) is 0.326. The fourth-order valence-electron chi connectivity index (χ4n) is 0.129. The molecular weight excluding hydrogens is 179 g/mol. The lowest BCUT2D eigenvalue weighted by atomic mass is 10.5. The standard InChI is InChI=1S/C3H4O4.HO3P/c4-2(5)1-3(6)7;1-4(2)3/h1H2,(H,4,5)(H,6,7);(H-,1,2,3)/p+1. The van der Waals surface area contributed by atoms with E-state index in [2.05, 4.69) is 0 Å². The minimum absolute atomic E-state index is 0.806. The van der Waals surface area contributed by atoms with Crippen LogP contribution >= 0.6 is 8.25 Å². The fourth-order valence-corrected chi connectivity index (χ4v) is 0.129. The van der Waals surface area contributed by atoms with Gasteiger partial charge in [0.25, 0.3) is 0 Å². The van der Waals surface area contributed by atoms with Crippen LogP contribution in [0.25, 0.3) is 0 Å². The number of hydrogen-bond acceptors (Lipinski definition) is 3. The highest BCUT2D eigenvalue weighted by Gasteiger charge is 2.01. The van der Waals surface area contributed by atoms with Gasteiger partial charge < -0.3 is 10.2 Å². The molecular formula is C3H6O7P+. The van der Waals surface area contributed by atoms with E-state index in [4.69, 9.17) is 24.6 Å². The van der Waals surface area contributed by atoms with Crippen LogP contribution in [0.2, 0.25) is 0 Å². The van der Waals surface area contributed by atoms with E-state index in [9.17, 15) is 9.59 Å². The summed E-state index contributed by atoms with van der Waals surface area (Å²) in [6.07, 6.45) is -0.806. The minimum Gasteiger partial charge on any atom is -0.481 e. The van der Waals surface area contributed by atoms with Gasteiger partial charge in [0.15, 0.2) is 0 Å². The molecule has 11 heavy (non-hydrogen) atoms. The van der Waals surface area contributed by atoms with Crippen molar-refractivity contribution in [3.8, 4) is 0 Å². The Morgan fingerprint density at radius 1 is 1.09 bits per heavy atom. The first-order chi connectivity index (χ1) is 4.86. The highest BCUT2D eigenvalue weighted by molar-refractivity contribution is 7.30. The minimum atomic E-state index is -2.87. The number of carboxylic acid groups (broad SMARTS) is 2. The van der Waals surface area contributed by atoms with Crippen molar-refractivity contribution >= 4 is 20.2 Å². The second-order valence-corrected chi connectivity index (χ2v) is 1.72. The molecule has 0 aromatic heterocycles. The Morgan fingerprint density at radius 2 is 1.27 bits per heavy atom. The molecule has 7 nitrogen and oxygen atoms in total. The van der Waals surface area contributed by atoms with Gasteiger partial charge in [0.05, 0.1) is 0 Å². The van der Waals surface area contributed by atoms with Gasteiger partial charge in [0.2, 0.25) is 0 Å². The lowest BCUT2D eigenvalue weighted by Gasteiger charge is -1.80. The third-order valence-electron chi connectivity index (χ3n) is 0.302. The van der Waals surface area contributed by atoms with Crippen LogP contribution in [0.5, 0.6) is 0 Å². The number of hydrogen-bond donors (Lipinski definition) is 4. The zero-order chi connectivity index (χ0) is 9.44. The van der Waals surface area contributed by atoms with Crippen molar-refractivity contribution in [1.29, 1.82) is 0 Å². The van der Waals surface area contributed by atoms with E-state index >= 15 is 0 Å². The third kappa shape index (κ3) is 49.5. The molecule has 0 bridgehead atoms. The molecule has 0 aliphatic heterocycles. The maximum Gasteiger partial charge on any atom is 0.692 e. The second kappa shape index (κ2) is 7.07. The van der Waals surface area contributed by atoms with Crippen LogP contribution in [0.15, 0.2) is 0 Å². The van der Waals surface area contributed by atoms with Crippen molar-refractivity contribution in [3.63, 3.8) is 0 Å². The predicted molar refractivity (Wildman–Crippen MR) is 31.9 cm³/mol. The van der Waals surface area contributed by atoms with Crippen molar-refractivity contribution < 1.29 is 34.2 Å². The van der Waals surface area contributed by atoms with Crippen LogP contribution in [0, 0.1) is 0 Å². The van der Waals surface area contributed by atoms with Crippen LogP contribution in [0.4, 0.5) is 0 Å². The molecule has 64 valence electrons. The second-order valence-electron chi connectivity index (χ2n) is 1.22. The van der Waals surface area contributed by atoms with Gasteiger partial charge in [-0.1, -0.05) is 0 Å². The molecule has 0 aromatic rings. The number of aliphatic carboxylic acids is 2. The van der Waals surface area contributed by atoms with Gasteiger partial charge in [-0.25, -0.2) is 0 Å². The molecule has 8 heteroatoms. The van der Waals surface area contributed by atoms with Crippen molar-refractivity contribution in [2.75, 3.05) is 0 Å². The van der Waals surface area contributed by atoms with E-state index < -0.39 is 26.6 Å². The van der Waals surface area contributed by atoms with E-state index in [1.165, 1.54) is 0 Å². The van der Waals surface area contributed by atoms with Gasteiger partial charge in [-0.2, -0.15) is 0 Å². The van der Waals surface area contributed by atoms with Crippen molar-refractivity contribution in [2.24, 2.45) is 0 Å². The Hall–Kier alpha value is -1.04. The summed E-state index contributed by atoms with van der Waals surface area (Å²) in [6, 6.07) is 0. The van der Waals surface area contributed by atoms with Crippen molar-refractivity contribution in [1.82, 2.24) is 0 Å². The van der Waals surface area contributed by atoms with Gasteiger partial charge in [-0.05, 0) is 0 Å². The van der Waals surface area contributed by atoms with Gasteiger partial charge in [0, 0.05) is 4.57 Å². The average Bonchev–Trinajstić information content (AvgIpc) is 1.56. The molecule has 0 radical (unpaired) electrons. The molecule has 0 heterocycles. The molecule has 0 saturated carbocycles. The van der Waals surface area contributed by atoms with Crippen LogP contribution in [0.1, 0.15) is 6.42 Å². The highest BCUT2D eigenvalue weighted by atomic mass is 31.1. The molecule has 0 aromatic carbocycles. The fraction of sp³-hybridized carbons (Fsp3) is 0.333. The zero-order valence-electron chi connectivity index (χ0n) is 5.17. The van der Waals surface area contributed by atoms with E-state index in [0.717, 1.165) is 0 Å². The first-order valence-electron chi connectivity index (χ1n) is 2.15. The molecule has 0 atom stereocenters. The topological polar surface area (TPSA) is 132 Å². The van der Waals surface area contributed by atoms with E-state index in [0.29, 0.717) is 0 Å². The first-order valence-corrected chi connectivity index (χ1v) is 3.31. The third-order valence-corrected chi connectivity index (χ3v) is 0.302. The summed E-state index contributed by atoms with van der Waals surface area (Å²) in [5.74, 6) is -2.62. The SMILES string of the molecule is O=C(O)CC(=O)O.O=[P+](O)O. The van der Waals surface area contributed by atoms with Gasteiger partial charge in [0.1, 0.15) is 6.42 Å². The Morgan fingerprint density at radius 3 is 1.27 bits per heavy atom. The van der Waals surface area contributed by atoms with Crippen LogP contribution in [0.3, 0.4) is 0 Å².